The number of benzene rings is 1. The molecule has 1 aromatic rings. The summed E-state index contributed by atoms with van der Waals surface area (Å²) in [5.74, 6) is 0.622. The standard InChI is InChI=1S/C18H28N2O4S/c1-3-24-17-12-8-7-11-16(17)20(25(2,22)23)14-13-19-18(21)15-9-5-4-6-10-15/h7-8,11-12,15H,3-6,9-10,13-14H2,1-2H3,(H,19,21). The van der Waals surface area contributed by atoms with E-state index in [2.05, 4.69) is 5.32 Å². The molecule has 0 spiro atoms. The fourth-order valence-corrected chi connectivity index (χ4v) is 4.13. The van der Waals surface area contributed by atoms with Crippen molar-refractivity contribution in [1.82, 2.24) is 5.32 Å². The molecule has 0 atom stereocenters. The minimum Gasteiger partial charge on any atom is -0.492 e. The zero-order valence-corrected chi connectivity index (χ0v) is 15.8. The van der Waals surface area contributed by atoms with Gasteiger partial charge in [0, 0.05) is 12.5 Å². The van der Waals surface area contributed by atoms with Crippen LogP contribution in [0.15, 0.2) is 24.3 Å². The Balaban J connectivity index is 2.03. The molecule has 0 aromatic heterocycles. The van der Waals surface area contributed by atoms with Crippen LogP contribution in [0.5, 0.6) is 5.75 Å². The molecule has 1 fully saturated rings. The normalized spacial score (nSPS) is 15.6. The van der Waals surface area contributed by atoms with E-state index in [4.69, 9.17) is 4.74 Å². The van der Waals surface area contributed by atoms with Gasteiger partial charge in [0.25, 0.3) is 0 Å². The van der Waals surface area contributed by atoms with Crippen molar-refractivity contribution in [1.29, 1.82) is 0 Å². The smallest absolute Gasteiger partial charge is 0.232 e. The van der Waals surface area contributed by atoms with Crippen LogP contribution in [-0.4, -0.2) is 40.3 Å². The summed E-state index contributed by atoms with van der Waals surface area (Å²) in [6.45, 7) is 2.77. The van der Waals surface area contributed by atoms with Gasteiger partial charge in [0.2, 0.25) is 15.9 Å². The summed E-state index contributed by atoms with van der Waals surface area (Å²) >= 11 is 0. The number of carbonyl (C=O) groups excluding carboxylic acids is 1. The zero-order chi connectivity index (χ0) is 18.3. The van der Waals surface area contributed by atoms with E-state index in [1.165, 1.54) is 17.0 Å². The molecule has 0 bridgehead atoms. The number of amides is 1. The highest BCUT2D eigenvalue weighted by atomic mass is 32.2. The molecule has 0 saturated heterocycles. The average Bonchev–Trinajstić information content (AvgIpc) is 2.59. The highest BCUT2D eigenvalue weighted by Crippen LogP contribution is 2.29. The first kappa shape index (κ1) is 19.6. The van der Waals surface area contributed by atoms with Gasteiger partial charge < -0.3 is 10.1 Å². The number of nitrogens with zero attached hydrogens (tertiary/aromatic N) is 1. The fraction of sp³-hybridized carbons (Fsp3) is 0.611. The van der Waals surface area contributed by atoms with Gasteiger partial charge in [0.15, 0.2) is 0 Å². The first-order valence-corrected chi connectivity index (χ1v) is 10.8. The van der Waals surface area contributed by atoms with Gasteiger partial charge in [0.1, 0.15) is 5.75 Å². The number of hydrogen-bond donors (Lipinski definition) is 1. The topological polar surface area (TPSA) is 75.7 Å². The fourth-order valence-electron chi connectivity index (χ4n) is 3.20. The van der Waals surface area contributed by atoms with E-state index >= 15 is 0 Å². The number of sulfonamides is 1. The Morgan fingerprint density at radius 2 is 1.92 bits per heavy atom. The van der Waals surface area contributed by atoms with Crippen molar-refractivity contribution in [3.05, 3.63) is 24.3 Å². The molecule has 0 aliphatic heterocycles. The summed E-state index contributed by atoms with van der Waals surface area (Å²) in [5, 5.41) is 2.89. The third-order valence-corrected chi connectivity index (χ3v) is 5.60. The minimum absolute atomic E-state index is 0.0336. The number of para-hydroxylation sites is 2. The van der Waals surface area contributed by atoms with E-state index < -0.39 is 10.0 Å². The summed E-state index contributed by atoms with van der Waals surface area (Å²) in [6, 6.07) is 7.04. The monoisotopic (exact) mass is 368 g/mol. The Bertz CT molecular complexity index is 669. The Kier molecular flexibility index (Phi) is 7.11. The van der Waals surface area contributed by atoms with Crippen LogP contribution in [-0.2, 0) is 14.8 Å². The lowest BCUT2D eigenvalue weighted by molar-refractivity contribution is -0.125. The second-order valence-electron chi connectivity index (χ2n) is 6.36. The number of rotatable bonds is 8. The zero-order valence-electron chi connectivity index (χ0n) is 15.0. The van der Waals surface area contributed by atoms with Crippen LogP contribution in [0.25, 0.3) is 0 Å². The molecule has 1 aromatic carbocycles. The molecule has 1 saturated carbocycles. The first-order chi connectivity index (χ1) is 11.9. The van der Waals surface area contributed by atoms with E-state index in [1.54, 1.807) is 24.3 Å². The van der Waals surface area contributed by atoms with Gasteiger partial charge in [-0.2, -0.15) is 0 Å². The van der Waals surface area contributed by atoms with Crippen molar-refractivity contribution in [2.75, 3.05) is 30.3 Å². The molecule has 1 aliphatic carbocycles. The Labute approximate surface area is 150 Å². The molecule has 1 N–H and O–H groups in total. The van der Waals surface area contributed by atoms with Gasteiger partial charge in [-0.05, 0) is 31.9 Å². The summed E-state index contributed by atoms with van der Waals surface area (Å²) < 4.78 is 31.3. The molecule has 6 nitrogen and oxygen atoms in total. The maximum atomic E-state index is 12.2. The van der Waals surface area contributed by atoms with Crippen molar-refractivity contribution in [3.63, 3.8) is 0 Å². The van der Waals surface area contributed by atoms with Gasteiger partial charge in [-0.1, -0.05) is 31.4 Å². The molecular formula is C18H28N2O4S. The first-order valence-electron chi connectivity index (χ1n) is 8.90. The lowest BCUT2D eigenvalue weighted by Crippen LogP contribution is -2.40. The van der Waals surface area contributed by atoms with Crippen LogP contribution in [0.1, 0.15) is 39.0 Å². The third-order valence-electron chi connectivity index (χ3n) is 4.42. The van der Waals surface area contributed by atoms with Crippen LogP contribution in [0.3, 0.4) is 0 Å². The number of hydrogen-bond acceptors (Lipinski definition) is 4. The van der Waals surface area contributed by atoms with E-state index in [0.717, 1.165) is 25.7 Å². The van der Waals surface area contributed by atoms with Crippen molar-refractivity contribution in [2.24, 2.45) is 5.92 Å². The molecule has 7 heteroatoms. The molecular weight excluding hydrogens is 340 g/mol. The second kappa shape index (κ2) is 9.08. The highest BCUT2D eigenvalue weighted by molar-refractivity contribution is 7.92. The summed E-state index contributed by atoms with van der Waals surface area (Å²) in [7, 11) is -3.48. The Hall–Kier alpha value is -1.76. The van der Waals surface area contributed by atoms with Gasteiger partial charge in [-0.25, -0.2) is 8.42 Å². The molecule has 0 radical (unpaired) electrons. The second-order valence-corrected chi connectivity index (χ2v) is 8.27. The van der Waals surface area contributed by atoms with Crippen molar-refractivity contribution < 1.29 is 17.9 Å². The van der Waals surface area contributed by atoms with Crippen molar-refractivity contribution >= 4 is 21.6 Å². The molecule has 0 unspecified atom stereocenters. The van der Waals surface area contributed by atoms with Crippen LogP contribution >= 0.6 is 0 Å². The van der Waals surface area contributed by atoms with Crippen LogP contribution in [0.4, 0.5) is 5.69 Å². The van der Waals surface area contributed by atoms with Gasteiger partial charge in [-0.3, -0.25) is 9.10 Å². The molecule has 0 heterocycles. The quantitative estimate of drug-likeness (QED) is 0.765. The van der Waals surface area contributed by atoms with Crippen LogP contribution < -0.4 is 14.4 Å². The number of nitrogens with one attached hydrogen (secondary N) is 1. The maximum Gasteiger partial charge on any atom is 0.232 e. The maximum absolute atomic E-state index is 12.2. The van der Waals surface area contributed by atoms with Gasteiger partial charge in [0.05, 0.1) is 25.1 Å². The highest BCUT2D eigenvalue weighted by Gasteiger charge is 2.23. The largest absolute Gasteiger partial charge is 0.492 e. The van der Waals surface area contributed by atoms with Gasteiger partial charge >= 0.3 is 0 Å². The minimum atomic E-state index is -3.48. The number of anilines is 1. The molecule has 2 rings (SSSR count). The lowest BCUT2D eigenvalue weighted by atomic mass is 9.89. The van der Waals surface area contributed by atoms with E-state index in [0.29, 0.717) is 18.0 Å². The van der Waals surface area contributed by atoms with Crippen molar-refractivity contribution in [2.45, 2.75) is 39.0 Å². The van der Waals surface area contributed by atoms with Crippen molar-refractivity contribution in [3.8, 4) is 5.75 Å². The third kappa shape index (κ3) is 5.63. The Morgan fingerprint density at radius 1 is 1.24 bits per heavy atom. The number of carbonyl (C=O) groups is 1. The van der Waals surface area contributed by atoms with Gasteiger partial charge in [-0.15, -0.1) is 0 Å². The lowest BCUT2D eigenvalue weighted by Gasteiger charge is -2.25. The average molecular weight is 368 g/mol. The summed E-state index contributed by atoms with van der Waals surface area (Å²) in [5.41, 5.74) is 0.499. The predicted octanol–water partition coefficient (Wildman–Crippen LogP) is 2.55. The molecule has 1 amide bonds. The molecule has 140 valence electrons. The predicted molar refractivity (Wildman–Crippen MR) is 99.4 cm³/mol. The van der Waals surface area contributed by atoms with E-state index in [1.807, 2.05) is 6.92 Å². The van der Waals surface area contributed by atoms with Crippen LogP contribution in [0.2, 0.25) is 0 Å². The Morgan fingerprint density at radius 3 is 2.56 bits per heavy atom. The van der Waals surface area contributed by atoms with E-state index in [9.17, 15) is 13.2 Å². The molecule has 1 aliphatic rings. The summed E-state index contributed by atoms with van der Waals surface area (Å²) in [6.07, 6.45) is 6.40. The van der Waals surface area contributed by atoms with E-state index in [-0.39, 0.29) is 24.9 Å². The summed E-state index contributed by atoms with van der Waals surface area (Å²) in [4.78, 5) is 12.2. The molecule has 25 heavy (non-hydrogen) atoms. The SMILES string of the molecule is CCOc1ccccc1N(CCNC(=O)C1CCCCC1)S(C)(=O)=O. The van der Waals surface area contributed by atoms with Crippen LogP contribution in [0, 0.1) is 5.92 Å². The number of ether oxygens (including phenoxy) is 1.